The summed E-state index contributed by atoms with van der Waals surface area (Å²) in [4.78, 5) is 15.1. The van der Waals surface area contributed by atoms with Gasteiger partial charge in [-0.3, -0.25) is 9.69 Å². The van der Waals surface area contributed by atoms with E-state index in [1.54, 1.807) is 4.90 Å². The van der Waals surface area contributed by atoms with Crippen molar-refractivity contribution in [1.29, 1.82) is 0 Å². The zero-order valence-corrected chi connectivity index (χ0v) is 18.3. The van der Waals surface area contributed by atoms with Gasteiger partial charge in [-0.25, -0.2) is 0 Å². The fourth-order valence-electron chi connectivity index (χ4n) is 3.02. The fraction of sp³-hybridized carbons (Fsp3) is 0.0833. The van der Waals surface area contributed by atoms with Crippen LogP contribution in [0, 0.1) is 0 Å². The molecule has 1 amide bonds. The third-order valence-electron chi connectivity index (χ3n) is 4.57. The average molecular weight is 452 g/mol. The highest BCUT2D eigenvalue weighted by atomic mass is 35.5. The number of benzene rings is 3. The van der Waals surface area contributed by atoms with Crippen LogP contribution >= 0.6 is 35.6 Å². The molecule has 1 aliphatic rings. The van der Waals surface area contributed by atoms with Gasteiger partial charge in [-0.1, -0.05) is 96.2 Å². The molecule has 4 rings (SSSR count). The smallest absolute Gasteiger partial charge is 0.266 e. The molecule has 3 aromatic rings. The van der Waals surface area contributed by atoms with Gasteiger partial charge in [0, 0.05) is 10.6 Å². The molecule has 0 atom stereocenters. The summed E-state index contributed by atoms with van der Waals surface area (Å²) in [6.45, 7) is 0.853. The fourth-order valence-corrected chi connectivity index (χ4v) is 4.47. The van der Waals surface area contributed by atoms with Crippen molar-refractivity contribution in [3.8, 4) is 5.75 Å². The van der Waals surface area contributed by atoms with Crippen LogP contribution in [0.25, 0.3) is 6.08 Å². The normalized spacial score (nSPS) is 15.1. The van der Waals surface area contributed by atoms with E-state index in [0.717, 1.165) is 16.7 Å². The standard InChI is InChI=1S/C24H18ClNO2S2/c25-21-12-5-4-10-19(21)16-28-20-11-6-9-18(13-20)14-22-23(27)26(24(29)30-22)15-17-7-2-1-3-8-17/h1-14H,15-16H2/b22-14+. The minimum Gasteiger partial charge on any atom is -0.489 e. The Morgan fingerprint density at radius 3 is 2.57 bits per heavy atom. The summed E-state index contributed by atoms with van der Waals surface area (Å²) >= 11 is 12.9. The Kier molecular flexibility index (Phi) is 6.53. The number of nitrogens with zero attached hydrogens (tertiary/aromatic N) is 1. The maximum atomic E-state index is 12.9. The molecule has 3 aromatic carbocycles. The number of thiocarbonyl (C=S) groups is 1. The van der Waals surface area contributed by atoms with Crippen molar-refractivity contribution in [3.63, 3.8) is 0 Å². The van der Waals surface area contributed by atoms with E-state index in [-0.39, 0.29) is 5.91 Å². The monoisotopic (exact) mass is 451 g/mol. The van der Waals surface area contributed by atoms with E-state index >= 15 is 0 Å². The first-order chi connectivity index (χ1) is 14.6. The third-order valence-corrected chi connectivity index (χ3v) is 6.31. The molecule has 0 radical (unpaired) electrons. The Labute approximate surface area is 190 Å². The van der Waals surface area contributed by atoms with E-state index in [2.05, 4.69) is 0 Å². The minimum atomic E-state index is -0.0729. The van der Waals surface area contributed by atoms with E-state index in [0.29, 0.717) is 33.1 Å². The summed E-state index contributed by atoms with van der Waals surface area (Å²) in [5, 5.41) is 0.677. The van der Waals surface area contributed by atoms with Crippen molar-refractivity contribution in [1.82, 2.24) is 4.90 Å². The predicted octanol–water partition coefficient (Wildman–Crippen LogP) is 6.32. The average Bonchev–Trinajstić information content (AvgIpc) is 3.01. The molecule has 150 valence electrons. The Balaban J connectivity index is 1.47. The summed E-state index contributed by atoms with van der Waals surface area (Å²) in [5.41, 5.74) is 2.85. The zero-order valence-electron chi connectivity index (χ0n) is 16.0. The minimum absolute atomic E-state index is 0.0729. The van der Waals surface area contributed by atoms with E-state index < -0.39 is 0 Å². The van der Waals surface area contributed by atoms with E-state index in [9.17, 15) is 4.79 Å². The van der Waals surface area contributed by atoms with Gasteiger partial charge in [0.05, 0.1) is 11.4 Å². The number of carbonyl (C=O) groups excluding carboxylic acids is 1. The zero-order chi connectivity index (χ0) is 20.9. The van der Waals surface area contributed by atoms with Gasteiger partial charge in [0.1, 0.15) is 16.7 Å². The van der Waals surface area contributed by atoms with Gasteiger partial charge >= 0.3 is 0 Å². The number of thioether (sulfide) groups is 1. The van der Waals surface area contributed by atoms with Crippen LogP contribution in [0.3, 0.4) is 0 Å². The molecule has 6 heteroatoms. The van der Waals surface area contributed by atoms with Crippen LogP contribution in [0.2, 0.25) is 5.02 Å². The number of amides is 1. The van der Waals surface area contributed by atoms with Crippen molar-refractivity contribution in [3.05, 3.63) is 105 Å². The van der Waals surface area contributed by atoms with Crippen LogP contribution in [-0.2, 0) is 17.9 Å². The molecular weight excluding hydrogens is 434 g/mol. The Bertz CT molecular complexity index is 1110. The van der Waals surface area contributed by atoms with Gasteiger partial charge in [0.25, 0.3) is 5.91 Å². The molecule has 0 unspecified atom stereocenters. The van der Waals surface area contributed by atoms with Crippen LogP contribution in [0.5, 0.6) is 5.75 Å². The molecule has 1 fully saturated rings. The lowest BCUT2D eigenvalue weighted by atomic mass is 10.2. The van der Waals surface area contributed by atoms with E-state index in [1.165, 1.54) is 11.8 Å². The van der Waals surface area contributed by atoms with E-state index in [4.69, 9.17) is 28.6 Å². The Morgan fingerprint density at radius 1 is 1.00 bits per heavy atom. The second-order valence-corrected chi connectivity index (χ2v) is 8.79. The van der Waals surface area contributed by atoms with Gasteiger partial charge in [-0.15, -0.1) is 0 Å². The summed E-state index contributed by atoms with van der Waals surface area (Å²) in [6, 6.07) is 25.1. The molecule has 1 aliphatic heterocycles. The second-order valence-electron chi connectivity index (χ2n) is 6.71. The molecule has 1 saturated heterocycles. The van der Waals surface area contributed by atoms with Crippen LogP contribution in [-0.4, -0.2) is 15.1 Å². The first kappa shape index (κ1) is 20.7. The molecule has 3 nitrogen and oxygen atoms in total. The Hall–Kier alpha value is -2.60. The highest BCUT2D eigenvalue weighted by molar-refractivity contribution is 8.26. The number of halogens is 1. The van der Waals surface area contributed by atoms with Crippen LogP contribution < -0.4 is 4.74 Å². The highest BCUT2D eigenvalue weighted by Crippen LogP contribution is 2.34. The van der Waals surface area contributed by atoms with Gasteiger partial charge in [-0.05, 0) is 35.4 Å². The van der Waals surface area contributed by atoms with E-state index in [1.807, 2.05) is 84.9 Å². The lowest BCUT2D eigenvalue weighted by Crippen LogP contribution is -2.27. The maximum absolute atomic E-state index is 12.9. The quantitative estimate of drug-likeness (QED) is 0.324. The topological polar surface area (TPSA) is 29.5 Å². The van der Waals surface area contributed by atoms with Gasteiger partial charge < -0.3 is 4.74 Å². The molecule has 30 heavy (non-hydrogen) atoms. The lowest BCUT2D eigenvalue weighted by Gasteiger charge is -2.14. The second kappa shape index (κ2) is 9.47. The molecular formula is C24H18ClNO2S2. The van der Waals surface area contributed by atoms with Gasteiger partial charge in [0.2, 0.25) is 0 Å². The van der Waals surface area contributed by atoms with Crippen molar-refractivity contribution in [2.24, 2.45) is 0 Å². The molecule has 0 N–H and O–H groups in total. The Morgan fingerprint density at radius 2 is 1.77 bits per heavy atom. The summed E-state index contributed by atoms with van der Waals surface area (Å²) in [6.07, 6.45) is 1.85. The maximum Gasteiger partial charge on any atom is 0.266 e. The largest absolute Gasteiger partial charge is 0.489 e. The van der Waals surface area contributed by atoms with Gasteiger partial charge in [-0.2, -0.15) is 0 Å². The predicted molar refractivity (Wildman–Crippen MR) is 127 cm³/mol. The van der Waals surface area contributed by atoms with Crippen molar-refractivity contribution in [2.75, 3.05) is 0 Å². The number of hydrogen-bond donors (Lipinski definition) is 0. The van der Waals surface area contributed by atoms with Crippen LogP contribution in [0.1, 0.15) is 16.7 Å². The highest BCUT2D eigenvalue weighted by Gasteiger charge is 2.31. The summed E-state index contributed by atoms with van der Waals surface area (Å²) in [5.74, 6) is 0.639. The molecule has 0 aromatic heterocycles. The lowest BCUT2D eigenvalue weighted by molar-refractivity contribution is -0.122. The van der Waals surface area contributed by atoms with Crippen molar-refractivity contribution >= 4 is 51.9 Å². The summed E-state index contributed by atoms with van der Waals surface area (Å²) in [7, 11) is 0. The third kappa shape index (κ3) is 4.93. The van der Waals surface area contributed by atoms with Crippen LogP contribution in [0.4, 0.5) is 0 Å². The number of rotatable bonds is 6. The molecule has 0 saturated carbocycles. The molecule has 1 heterocycles. The van der Waals surface area contributed by atoms with Crippen molar-refractivity contribution in [2.45, 2.75) is 13.2 Å². The molecule has 0 bridgehead atoms. The molecule has 0 spiro atoms. The number of carbonyl (C=O) groups is 1. The summed E-state index contributed by atoms with van der Waals surface area (Å²) < 4.78 is 6.46. The first-order valence-electron chi connectivity index (χ1n) is 9.36. The van der Waals surface area contributed by atoms with Crippen LogP contribution in [0.15, 0.2) is 83.8 Å². The number of hydrogen-bond acceptors (Lipinski definition) is 4. The first-order valence-corrected chi connectivity index (χ1v) is 11.0. The SMILES string of the molecule is O=C1/C(=C\c2cccc(OCc3ccccc3Cl)c2)SC(=S)N1Cc1ccccc1. The van der Waals surface area contributed by atoms with Gasteiger partial charge in [0.15, 0.2) is 0 Å². The van der Waals surface area contributed by atoms with Crippen molar-refractivity contribution < 1.29 is 9.53 Å². The molecule has 0 aliphatic carbocycles. The number of ether oxygens (including phenoxy) is 1.